The van der Waals surface area contributed by atoms with Gasteiger partial charge in [-0.05, 0) is 18.2 Å². The number of hydrogen-bond acceptors (Lipinski definition) is 7. The Kier molecular flexibility index (Phi) is 8.56. The van der Waals surface area contributed by atoms with Crippen molar-refractivity contribution in [3.63, 3.8) is 0 Å². The number of benzene rings is 2. The zero-order valence-electron chi connectivity index (χ0n) is 17.7. The number of rotatable bonds is 9. The lowest BCUT2D eigenvalue weighted by Gasteiger charge is -2.26. The minimum absolute atomic E-state index is 0.0222. The standard InChI is InChI=1S/C22H23ClN2O7S/c23-18-7-6-17(14-20(18)33(29,30)25-10-12-31-13-11-25)24-21(27)15-32-22(28)9-8-19(26)16-4-2-1-3-5-16/h1-7,14H,8-13,15H2,(H,24,27). The Balaban J connectivity index is 1.52. The number of carbonyl (C=O) groups excluding carboxylic acids is 3. The van der Waals surface area contributed by atoms with Gasteiger partial charge in [0.05, 0.1) is 24.7 Å². The number of amides is 1. The summed E-state index contributed by atoms with van der Waals surface area (Å²) in [6.45, 7) is 0.410. The van der Waals surface area contributed by atoms with E-state index in [2.05, 4.69) is 5.32 Å². The smallest absolute Gasteiger partial charge is 0.306 e. The van der Waals surface area contributed by atoms with Gasteiger partial charge in [0.25, 0.3) is 5.91 Å². The van der Waals surface area contributed by atoms with Crippen molar-refractivity contribution in [3.8, 4) is 0 Å². The number of sulfonamides is 1. The van der Waals surface area contributed by atoms with Gasteiger partial charge in [-0.15, -0.1) is 0 Å². The Morgan fingerprint density at radius 2 is 1.73 bits per heavy atom. The number of carbonyl (C=O) groups is 3. The zero-order valence-corrected chi connectivity index (χ0v) is 19.2. The lowest BCUT2D eigenvalue weighted by molar-refractivity contribution is -0.147. The van der Waals surface area contributed by atoms with E-state index in [1.54, 1.807) is 30.3 Å². The van der Waals surface area contributed by atoms with Crippen LogP contribution >= 0.6 is 11.6 Å². The van der Waals surface area contributed by atoms with E-state index in [-0.39, 0.29) is 60.5 Å². The second kappa shape index (κ2) is 11.4. The summed E-state index contributed by atoms with van der Waals surface area (Å²) in [5, 5.41) is 2.50. The third kappa shape index (κ3) is 6.84. The number of ether oxygens (including phenoxy) is 2. The molecule has 1 fully saturated rings. The largest absolute Gasteiger partial charge is 0.456 e. The molecule has 1 amide bonds. The highest BCUT2D eigenvalue weighted by molar-refractivity contribution is 7.89. The number of hydrogen-bond donors (Lipinski definition) is 1. The lowest BCUT2D eigenvalue weighted by Crippen LogP contribution is -2.40. The average Bonchev–Trinajstić information content (AvgIpc) is 2.83. The van der Waals surface area contributed by atoms with Crippen molar-refractivity contribution < 1.29 is 32.3 Å². The summed E-state index contributed by atoms with van der Waals surface area (Å²) in [6.07, 6.45) is -0.200. The molecular weight excluding hydrogens is 472 g/mol. The molecule has 1 heterocycles. The summed E-state index contributed by atoms with van der Waals surface area (Å²) < 4.78 is 37.1. The molecule has 1 aliphatic heterocycles. The molecule has 0 radical (unpaired) electrons. The molecule has 0 atom stereocenters. The average molecular weight is 495 g/mol. The molecule has 1 aliphatic rings. The summed E-state index contributed by atoms with van der Waals surface area (Å²) in [6, 6.07) is 12.6. The van der Waals surface area contributed by atoms with E-state index in [0.29, 0.717) is 5.56 Å². The van der Waals surface area contributed by atoms with Crippen molar-refractivity contribution in [2.75, 3.05) is 38.2 Å². The molecule has 2 aromatic rings. The van der Waals surface area contributed by atoms with Crippen LogP contribution in [0.5, 0.6) is 0 Å². The van der Waals surface area contributed by atoms with Gasteiger partial charge in [-0.2, -0.15) is 4.31 Å². The molecule has 0 spiro atoms. The van der Waals surface area contributed by atoms with Gasteiger partial charge < -0.3 is 14.8 Å². The second-order valence-electron chi connectivity index (χ2n) is 7.16. The maximum atomic E-state index is 12.9. The van der Waals surface area contributed by atoms with Gasteiger partial charge in [-0.25, -0.2) is 8.42 Å². The van der Waals surface area contributed by atoms with Crippen molar-refractivity contribution in [2.24, 2.45) is 0 Å². The summed E-state index contributed by atoms with van der Waals surface area (Å²) >= 11 is 6.10. The monoisotopic (exact) mass is 494 g/mol. The fraction of sp³-hybridized carbons (Fsp3) is 0.318. The van der Waals surface area contributed by atoms with Crippen LogP contribution in [0.1, 0.15) is 23.2 Å². The van der Waals surface area contributed by atoms with E-state index < -0.39 is 28.5 Å². The molecule has 0 aliphatic carbocycles. The molecule has 9 nitrogen and oxygen atoms in total. The van der Waals surface area contributed by atoms with Gasteiger partial charge in [0.2, 0.25) is 10.0 Å². The number of esters is 1. The molecule has 1 saturated heterocycles. The third-order valence-corrected chi connectivity index (χ3v) is 7.20. The molecule has 0 saturated carbocycles. The fourth-order valence-corrected chi connectivity index (χ4v) is 5.01. The molecule has 176 valence electrons. The molecule has 33 heavy (non-hydrogen) atoms. The normalized spacial score (nSPS) is 14.5. The number of nitrogens with zero attached hydrogens (tertiary/aromatic N) is 1. The Labute approximate surface area is 196 Å². The van der Waals surface area contributed by atoms with Crippen LogP contribution in [0.15, 0.2) is 53.4 Å². The lowest BCUT2D eigenvalue weighted by atomic mass is 10.1. The number of Topliss-reactive ketones (excluding diaryl/α,β-unsaturated/α-hetero) is 1. The first-order valence-corrected chi connectivity index (χ1v) is 12.0. The summed E-state index contributed by atoms with van der Waals surface area (Å²) in [7, 11) is -3.86. The summed E-state index contributed by atoms with van der Waals surface area (Å²) in [4.78, 5) is 35.9. The number of morpholine rings is 1. The minimum atomic E-state index is -3.86. The van der Waals surface area contributed by atoms with E-state index in [1.807, 2.05) is 0 Å². The maximum Gasteiger partial charge on any atom is 0.306 e. The van der Waals surface area contributed by atoms with Crippen LogP contribution in [0.3, 0.4) is 0 Å². The van der Waals surface area contributed by atoms with Crippen LogP contribution in [0, 0.1) is 0 Å². The van der Waals surface area contributed by atoms with Gasteiger partial charge in [0, 0.05) is 30.8 Å². The van der Waals surface area contributed by atoms with Crippen LogP contribution in [-0.2, 0) is 29.1 Å². The van der Waals surface area contributed by atoms with E-state index in [4.69, 9.17) is 21.1 Å². The third-order valence-electron chi connectivity index (χ3n) is 4.82. The first-order chi connectivity index (χ1) is 15.8. The number of ketones is 1. The van der Waals surface area contributed by atoms with Crippen molar-refractivity contribution in [2.45, 2.75) is 17.7 Å². The number of halogens is 1. The van der Waals surface area contributed by atoms with Crippen molar-refractivity contribution in [1.82, 2.24) is 4.31 Å². The highest BCUT2D eigenvalue weighted by Gasteiger charge is 2.28. The number of nitrogens with one attached hydrogen (secondary N) is 1. The van der Waals surface area contributed by atoms with Gasteiger partial charge in [-0.3, -0.25) is 14.4 Å². The van der Waals surface area contributed by atoms with E-state index in [9.17, 15) is 22.8 Å². The van der Waals surface area contributed by atoms with E-state index in [1.165, 1.54) is 22.5 Å². The van der Waals surface area contributed by atoms with Gasteiger partial charge >= 0.3 is 5.97 Å². The van der Waals surface area contributed by atoms with Crippen molar-refractivity contribution >= 4 is 45.0 Å². The fourth-order valence-electron chi connectivity index (χ4n) is 3.10. The maximum absolute atomic E-state index is 12.9. The van der Waals surface area contributed by atoms with E-state index >= 15 is 0 Å². The van der Waals surface area contributed by atoms with Crippen LogP contribution in [-0.4, -0.2) is 63.3 Å². The molecule has 2 aromatic carbocycles. The van der Waals surface area contributed by atoms with Gasteiger partial charge in [-0.1, -0.05) is 41.9 Å². The highest BCUT2D eigenvalue weighted by Crippen LogP contribution is 2.28. The first kappa shape index (κ1) is 24.8. The number of anilines is 1. The Hall–Kier alpha value is -2.79. The molecule has 0 unspecified atom stereocenters. The predicted octanol–water partition coefficient (Wildman–Crippen LogP) is 2.51. The Morgan fingerprint density at radius 3 is 2.42 bits per heavy atom. The van der Waals surface area contributed by atoms with E-state index in [0.717, 1.165) is 0 Å². The highest BCUT2D eigenvalue weighted by atomic mass is 35.5. The topological polar surface area (TPSA) is 119 Å². The molecule has 0 aromatic heterocycles. The SMILES string of the molecule is O=C(COC(=O)CCC(=O)c1ccccc1)Nc1ccc(Cl)c(S(=O)(=O)N2CCOCC2)c1. The van der Waals surface area contributed by atoms with Crippen LogP contribution in [0.4, 0.5) is 5.69 Å². The second-order valence-corrected chi connectivity index (χ2v) is 9.47. The molecule has 11 heteroatoms. The van der Waals surface area contributed by atoms with Gasteiger partial charge in [0.1, 0.15) is 4.90 Å². The molecule has 3 rings (SSSR count). The van der Waals surface area contributed by atoms with Gasteiger partial charge in [0.15, 0.2) is 12.4 Å². The minimum Gasteiger partial charge on any atom is -0.456 e. The van der Waals surface area contributed by atoms with Crippen molar-refractivity contribution in [3.05, 3.63) is 59.1 Å². The van der Waals surface area contributed by atoms with Crippen molar-refractivity contribution in [1.29, 1.82) is 0 Å². The Morgan fingerprint density at radius 1 is 1.03 bits per heavy atom. The molecular formula is C22H23ClN2O7S. The Bertz CT molecular complexity index is 1120. The van der Waals surface area contributed by atoms with Crippen LogP contribution in [0.25, 0.3) is 0 Å². The molecule has 1 N–H and O–H groups in total. The predicted molar refractivity (Wildman–Crippen MR) is 121 cm³/mol. The quantitative estimate of drug-likeness (QED) is 0.420. The van der Waals surface area contributed by atoms with Crippen LogP contribution < -0.4 is 5.32 Å². The molecule has 0 bridgehead atoms. The zero-order chi connectivity index (χ0) is 23.8. The summed E-state index contributed by atoms with van der Waals surface area (Å²) in [5.74, 6) is -1.55. The van der Waals surface area contributed by atoms with Crippen LogP contribution in [0.2, 0.25) is 5.02 Å². The summed E-state index contributed by atoms with van der Waals surface area (Å²) in [5.41, 5.74) is 0.681. The first-order valence-electron chi connectivity index (χ1n) is 10.2.